The minimum atomic E-state index is 0.136. The molecule has 1 aromatic heterocycles. The molecule has 1 heterocycles. The molecule has 102 valence electrons. The molecule has 0 amide bonds. The zero-order valence-electron chi connectivity index (χ0n) is 11.5. The summed E-state index contributed by atoms with van der Waals surface area (Å²) in [6, 6.07) is 6.33. The summed E-state index contributed by atoms with van der Waals surface area (Å²) in [5.41, 5.74) is 2.25. The third-order valence-electron chi connectivity index (χ3n) is 2.98. The van der Waals surface area contributed by atoms with Crippen LogP contribution in [0, 0.1) is 6.92 Å². The first kappa shape index (κ1) is 14.3. The van der Waals surface area contributed by atoms with Crippen molar-refractivity contribution in [1.82, 2.24) is 10.3 Å². The molecular weight excluding hydrogens is 304 g/mol. The highest BCUT2D eigenvalue weighted by atomic mass is 79.9. The van der Waals surface area contributed by atoms with Gasteiger partial charge >= 0.3 is 0 Å². The van der Waals surface area contributed by atoms with Gasteiger partial charge in [0.05, 0.1) is 12.2 Å². The van der Waals surface area contributed by atoms with Crippen LogP contribution in [-0.2, 0) is 0 Å². The molecule has 0 saturated heterocycles. The van der Waals surface area contributed by atoms with Gasteiger partial charge in [-0.1, -0.05) is 34.5 Å². The van der Waals surface area contributed by atoms with Gasteiger partial charge in [0.15, 0.2) is 5.76 Å². The van der Waals surface area contributed by atoms with Gasteiger partial charge in [0.1, 0.15) is 0 Å². The van der Waals surface area contributed by atoms with Crippen molar-refractivity contribution >= 4 is 15.9 Å². The zero-order chi connectivity index (χ0) is 13.8. The van der Waals surface area contributed by atoms with Crippen molar-refractivity contribution in [2.24, 2.45) is 0 Å². The maximum Gasteiger partial charge on any atom is 0.211 e. The molecule has 0 aliphatic carbocycles. The normalized spacial score (nSPS) is 12.6. The lowest BCUT2D eigenvalue weighted by Crippen LogP contribution is -2.19. The van der Waals surface area contributed by atoms with Crippen molar-refractivity contribution in [1.29, 1.82) is 0 Å². The summed E-state index contributed by atoms with van der Waals surface area (Å²) in [6.45, 7) is 7.24. The number of nitrogens with one attached hydrogen (secondary N) is 1. The number of aryl methyl sites for hydroxylation is 1. The standard InChI is InChI=1S/C15H19BrN2O/c1-4-7-17-11(3)15-18-9-14(19-15)12-8-10(2)5-6-13(12)16/h5-6,8-9,11,17H,4,7H2,1-3H3. The number of hydrogen-bond donors (Lipinski definition) is 1. The van der Waals surface area contributed by atoms with Crippen LogP contribution in [0.2, 0.25) is 0 Å². The Labute approximate surface area is 122 Å². The minimum absolute atomic E-state index is 0.136. The molecule has 0 bridgehead atoms. The number of benzene rings is 1. The molecule has 0 fully saturated rings. The van der Waals surface area contributed by atoms with Crippen molar-refractivity contribution in [2.45, 2.75) is 33.2 Å². The third kappa shape index (κ3) is 3.45. The monoisotopic (exact) mass is 322 g/mol. The molecule has 0 aliphatic heterocycles. The van der Waals surface area contributed by atoms with Gasteiger partial charge < -0.3 is 9.73 Å². The van der Waals surface area contributed by atoms with E-state index in [2.05, 4.69) is 59.1 Å². The molecule has 1 aromatic carbocycles. The fourth-order valence-electron chi connectivity index (χ4n) is 1.89. The predicted molar refractivity (Wildman–Crippen MR) is 81.1 cm³/mol. The van der Waals surface area contributed by atoms with E-state index >= 15 is 0 Å². The quantitative estimate of drug-likeness (QED) is 0.882. The number of rotatable bonds is 5. The fourth-order valence-corrected chi connectivity index (χ4v) is 2.33. The van der Waals surface area contributed by atoms with Crippen LogP contribution in [0.4, 0.5) is 0 Å². The summed E-state index contributed by atoms with van der Waals surface area (Å²) in [7, 11) is 0. The molecular formula is C15H19BrN2O. The Hall–Kier alpha value is -1.13. The number of nitrogens with zero attached hydrogens (tertiary/aromatic N) is 1. The van der Waals surface area contributed by atoms with Crippen LogP contribution < -0.4 is 5.32 Å². The Morgan fingerprint density at radius 1 is 1.42 bits per heavy atom. The Morgan fingerprint density at radius 2 is 2.21 bits per heavy atom. The second-order valence-corrected chi connectivity index (χ2v) is 5.58. The SMILES string of the molecule is CCCNC(C)c1ncc(-c2cc(C)ccc2Br)o1. The molecule has 0 radical (unpaired) electrons. The Bertz CT molecular complexity index is 551. The van der Waals surface area contributed by atoms with Gasteiger partial charge in [-0.25, -0.2) is 4.98 Å². The Morgan fingerprint density at radius 3 is 2.95 bits per heavy atom. The van der Waals surface area contributed by atoms with Crippen molar-refractivity contribution in [2.75, 3.05) is 6.54 Å². The van der Waals surface area contributed by atoms with Crippen molar-refractivity contribution in [3.8, 4) is 11.3 Å². The summed E-state index contributed by atoms with van der Waals surface area (Å²) in [5.74, 6) is 1.53. The lowest BCUT2D eigenvalue weighted by molar-refractivity contribution is 0.423. The first-order valence-electron chi connectivity index (χ1n) is 6.57. The molecule has 1 atom stereocenters. The number of halogens is 1. The van der Waals surface area contributed by atoms with Gasteiger partial charge in [0.2, 0.25) is 5.89 Å². The molecule has 0 aliphatic rings. The third-order valence-corrected chi connectivity index (χ3v) is 3.67. The molecule has 4 heteroatoms. The van der Waals surface area contributed by atoms with Crippen molar-refractivity contribution < 1.29 is 4.42 Å². The highest BCUT2D eigenvalue weighted by Crippen LogP contribution is 2.30. The van der Waals surface area contributed by atoms with Gasteiger partial charge in [-0.05, 0) is 38.9 Å². The lowest BCUT2D eigenvalue weighted by atomic mass is 10.1. The van der Waals surface area contributed by atoms with Crippen LogP contribution in [-0.4, -0.2) is 11.5 Å². The Balaban J connectivity index is 2.23. The molecule has 2 aromatic rings. The maximum absolute atomic E-state index is 5.86. The molecule has 2 rings (SSSR count). The van der Waals surface area contributed by atoms with E-state index in [1.807, 2.05) is 6.07 Å². The van der Waals surface area contributed by atoms with E-state index < -0.39 is 0 Å². The molecule has 1 unspecified atom stereocenters. The Kier molecular flexibility index (Phi) is 4.77. The smallest absolute Gasteiger partial charge is 0.211 e. The molecule has 1 N–H and O–H groups in total. The maximum atomic E-state index is 5.86. The summed E-state index contributed by atoms with van der Waals surface area (Å²) < 4.78 is 6.88. The highest BCUT2D eigenvalue weighted by Gasteiger charge is 2.14. The average Bonchev–Trinajstić information content (AvgIpc) is 2.88. The lowest BCUT2D eigenvalue weighted by Gasteiger charge is -2.08. The first-order valence-corrected chi connectivity index (χ1v) is 7.36. The van der Waals surface area contributed by atoms with Crippen molar-refractivity contribution in [3.05, 3.63) is 40.3 Å². The van der Waals surface area contributed by atoms with Crippen LogP contribution in [0.3, 0.4) is 0 Å². The van der Waals surface area contributed by atoms with Gasteiger partial charge in [-0.15, -0.1) is 0 Å². The molecule has 19 heavy (non-hydrogen) atoms. The molecule has 0 saturated carbocycles. The number of oxazole rings is 1. The van der Waals surface area contributed by atoms with E-state index in [0.717, 1.165) is 34.7 Å². The van der Waals surface area contributed by atoms with Gasteiger partial charge in [-0.3, -0.25) is 0 Å². The topological polar surface area (TPSA) is 38.1 Å². The van der Waals surface area contributed by atoms with Crippen LogP contribution in [0.25, 0.3) is 11.3 Å². The first-order chi connectivity index (χ1) is 9.11. The number of aromatic nitrogens is 1. The minimum Gasteiger partial charge on any atom is -0.439 e. The average molecular weight is 323 g/mol. The van der Waals surface area contributed by atoms with E-state index in [4.69, 9.17) is 4.42 Å². The second kappa shape index (κ2) is 6.35. The van der Waals surface area contributed by atoms with Gasteiger partial charge in [0, 0.05) is 10.0 Å². The summed E-state index contributed by atoms with van der Waals surface area (Å²) in [4.78, 5) is 4.37. The largest absolute Gasteiger partial charge is 0.439 e. The van der Waals surface area contributed by atoms with E-state index in [0.29, 0.717) is 0 Å². The highest BCUT2D eigenvalue weighted by molar-refractivity contribution is 9.10. The zero-order valence-corrected chi connectivity index (χ0v) is 13.1. The van der Waals surface area contributed by atoms with Crippen LogP contribution in [0.5, 0.6) is 0 Å². The molecule has 0 spiro atoms. The van der Waals surface area contributed by atoms with E-state index in [1.54, 1.807) is 6.20 Å². The second-order valence-electron chi connectivity index (χ2n) is 4.72. The summed E-state index contributed by atoms with van der Waals surface area (Å²) in [6.07, 6.45) is 2.89. The van der Waals surface area contributed by atoms with Gasteiger partial charge in [0.25, 0.3) is 0 Å². The van der Waals surface area contributed by atoms with Crippen molar-refractivity contribution in [3.63, 3.8) is 0 Å². The van der Waals surface area contributed by atoms with Crippen LogP contribution in [0.15, 0.2) is 33.3 Å². The summed E-state index contributed by atoms with van der Waals surface area (Å²) in [5, 5.41) is 3.37. The number of hydrogen-bond acceptors (Lipinski definition) is 3. The summed E-state index contributed by atoms with van der Waals surface area (Å²) >= 11 is 3.55. The van der Waals surface area contributed by atoms with Gasteiger partial charge in [-0.2, -0.15) is 0 Å². The van der Waals surface area contributed by atoms with E-state index in [9.17, 15) is 0 Å². The predicted octanol–water partition coefficient (Wildman–Crippen LogP) is 4.47. The van der Waals surface area contributed by atoms with E-state index in [-0.39, 0.29) is 6.04 Å². The molecule has 3 nitrogen and oxygen atoms in total. The van der Waals surface area contributed by atoms with Crippen LogP contribution in [0.1, 0.15) is 37.8 Å². The van der Waals surface area contributed by atoms with Crippen LogP contribution >= 0.6 is 15.9 Å². The van der Waals surface area contributed by atoms with E-state index in [1.165, 1.54) is 5.56 Å². The fraction of sp³-hybridized carbons (Fsp3) is 0.400.